The van der Waals surface area contributed by atoms with Crippen molar-refractivity contribution in [3.8, 4) is 0 Å². The molecular weight excluding hydrogens is 322 g/mol. The van der Waals surface area contributed by atoms with Gasteiger partial charge in [0.2, 0.25) is 0 Å². The summed E-state index contributed by atoms with van der Waals surface area (Å²) in [5.41, 5.74) is 1.03. The molecule has 0 aliphatic heterocycles. The van der Waals surface area contributed by atoms with Crippen LogP contribution in [0.1, 0.15) is 50.5 Å². The Hall–Kier alpha value is -1.62. The quantitative estimate of drug-likeness (QED) is 0.605. The van der Waals surface area contributed by atoms with E-state index in [0.717, 1.165) is 5.56 Å². The maximum Gasteiger partial charge on any atom is 0.337 e. The average Bonchev–Trinajstić information content (AvgIpc) is 2.50. The Bertz CT molecular complexity index is 603. The van der Waals surface area contributed by atoms with Crippen LogP contribution < -0.4 is 0 Å². The number of hydrogen-bond acceptors (Lipinski definition) is 4. The first-order chi connectivity index (χ1) is 10.9. The summed E-state index contributed by atoms with van der Waals surface area (Å²) in [6.45, 7) is 10.6. The van der Waals surface area contributed by atoms with Gasteiger partial charge in [0.05, 0.1) is 12.7 Å². The van der Waals surface area contributed by atoms with Crippen LogP contribution >= 0.6 is 12.2 Å². The van der Waals surface area contributed by atoms with Gasteiger partial charge in [0, 0.05) is 19.5 Å². The van der Waals surface area contributed by atoms with Gasteiger partial charge in [-0.2, -0.15) is 0 Å². The fourth-order valence-corrected chi connectivity index (χ4v) is 3.03. The molecule has 0 heterocycles. The molecular formula is C19H29NO3S. The normalized spacial score (nSPS) is 13.2. The molecule has 0 radical (unpaired) electrons. The molecule has 4 nitrogen and oxygen atoms in total. The minimum atomic E-state index is -0.359. The van der Waals surface area contributed by atoms with E-state index in [2.05, 4.69) is 34.6 Å². The van der Waals surface area contributed by atoms with Crippen LogP contribution in [-0.2, 0) is 14.9 Å². The van der Waals surface area contributed by atoms with Crippen molar-refractivity contribution in [3.63, 3.8) is 0 Å². The van der Waals surface area contributed by atoms with Gasteiger partial charge >= 0.3 is 5.97 Å². The lowest BCUT2D eigenvalue weighted by molar-refractivity contribution is 0.0101. The van der Waals surface area contributed by atoms with Gasteiger partial charge in [0.15, 0.2) is 0 Å². The van der Waals surface area contributed by atoms with Gasteiger partial charge in [0.25, 0.3) is 5.17 Å². The van der Waals surface area contributed by atoms with Crippen molar-refractivity contribution in [1.29, 1.82) is 0 Å². The second kappa shape index (κ2) is 7.51. The maximum absolute atomic E-state index is 11.8. The molecule has 1 aromatic rings. The summed E-state index contributed by atoms with van der Waals surface area (Å²) < 4.78 is 11.0. The van der Waals surface area contributed by atoms with Crippen molar-refractivity contribution in [3.05, 3.63) is 35.4 Å². The van der Waals surface area contributed by atoms with Crippen molar-refractivity contribution in [2.45, 2.75) is 46.1 Å². The Balaban J connectivity index is 3.30. The minimum Gasteiger partial charge on any atom is -0.466 e. The number of nitrogens with zero attached hydrogens (tertiary/aromatic N) is 1. The Morgan fingerprint density at radius 3 is 2.21 bits per heavy atom. The van der Waals surface area contributed by atoms with Crippen molar-refractivity contribution in [1.82, 2.24) is 4.90 Å². The monoisotopic (exact) mass is 351 g/mol. The molecule has 1 unspecified atom stereocenters. The first kappa shape index (κ1) is 20.4. The molecule has 0 amide bonds. The molecule has 5 heteroatoms. The number of rotatable bonds is 4. The third kappa shape index (κ3) is 4.69. The molecule has 0 N–H and O–H groups in total. The standard InChI is InChI=1S/C19H29NO3S/c1-18(2,3)16(23-17(24)20(6)7)19(4,5)14-11-9-10-13(12-14)15(21)22-8/h9-12,16H,1-8H3. The fraction of sp³-hybridized carbons (Fsp3) is 0.579. The van der Waals surface area contributed by atoms with Crippen LogP contribution in [0.2, 0.25) is 0 Å². The number of methoxy groups -OCH3 is 1. The van der Waals surface area contributed by atoms with Gasteiger partial charge < -0.3 is 14.4 Å². The zero-order valence-corrected chi connectivity index (χ0v) is 16.8. The summed E-state index contributed by atoms with van der Waals surface area (Å²) in [6, 6.07) is 7.50. The zero-order chi connectivity index (χ0) is 18.7. The second-order valence-corrected chi connectivity index (χ2v) is 8.17. The lowest BCUT2D eigenvalue weighted by Crippen LogP contribution is -2.47. The van der Waals surface area contributed by atoms with Crippen LogP contribution in [0.25, 0.3) is 0 Å². The van der Waals surface area contributed by atoms with E-state index in [1.807, 2.05) is 32.3 Å². The van der Waals surface area contributed by atoms with Crippen molar-refractivity contribution < 1.29 is 14.3 Å². The minimum absolute atomic E-state index is 0.148. The van der Waals surface area contributed by atoms with E-state index in [4.69, 9.17) is 21.7 Å². The molecule has 0 aromatic heterocycles. The van der Waals surface area contributed by atoms with Crippen LogP contribution in [0.4, 0.5) is 0 Å². The van der Waals surface area contributed by atoms with Crippen molar-refractivity contribution in [2.24, 2.45) is 5.41 Å². The van der Waals surface area contributed by atoms with Gasteiger partial charge in [0.1, 0.15) is 6.10 Å². The summed E-state index contributed by atoms with van der Waals surface area (Å²) in [5.74, 6) is -0.343. The Labute approximate surface area is 151 Å². The van der Waals surface area contributed by atoms with Gasteiger partial charge in [-0.15, -0.1) is 0 Å². The summed E-state index contributed by atoms with van der Waals surface area (Å²) in [4.78, 5) is 13.6. The van der Waals surface area contributed by atoms with Gasteiger partial charge in [-0.1, -0.05) is 46.8 Å². The molecule has 0 aliphatic carbocycles. The molecule has 0 fully saturated rings. The van der Waals surface area contributed by atoms with E-state index in [9.17, 15) is 4.79 Å². The molecule has 0 spiro atoms. The molecule has 0 aliphatic rings. The molecule has 1 rings (SSSR count). The number of benzene rings is 1. The number of carbonyl (C=O) groups is 1. The largest absolute Gasteiger partial charge is 0.466 e. The summed E-state index contributed by atoms with van der Waals surface area (Å²) in [5, 5.41) is 0.451. The highest BCUT2D eigenvalue weighted by molar-refractivity contribution is 7.80. The van der Waals surface area contributed by atoms with E-state index in [1.54, 1.807) is 11.0 Å². The number of hydrogen-bond donors (Lipinski definition) is 0. The third-order valence-corrected chi connectivity index (χ3v) is 4.51. The first-order valence-electron chi connectivity index (χ1n) is 7.98. The lowest BCUT2D eigenvalue weighted by Gasteiger charge is -2.43. The average molecular weight is 352 g/mol. The first-order valence-corrected chi connectivity index (χ1v) is 8.39. The number of thiocarbonyl (C=S) groups is 1. The summed E-state index contributed by atoms with van der Waals surface area (Å²) in [6.07, 6.45) is -0.173. The van der Waals surface area contributed by atoms with Gasteiger partial charge in [-0.05, 0) is 35.3 Å². The summed E-state index contributed by atoms with van der Waals surface area (Å²) in [7, 11) is 5.12. The molecule has 1 aromatic carbocycles. The van der Waals surface area contributed by atoms with Crippen LogP contribution in [0.15, 0.2) is 24.3 Å². The second-order valence-electron chi connectivity index (χ2n) is 7.82. The predicted octanol–water partition coefficient (Wildman–Crippen LogP) is 4.03. The molecule has 1 atom stereocenters. The van der Waals surface area contributed by atoms with Gasteiger partial charge in [-0.3, -0.25) is 0 Å². The smallest absolute Gasteiger partial charge is 0.337 e. The van der Waals surface area contributed by atoms with Crippen LogP contribution in [0.5, 0.6) is 0 Å². The van der Waals surface area contributed by atoms with Crippen LogP contribution in [0.3, 0.4) is 0 Å². The highest BCUT2D eigenvalue weighted by atomic mass is 32.1. The molecule has 0 bridgehead atoms. The van der Waals surface area contributed by atoms with E-state index in [0.29, 0.717) is 10.7 Å². The van der Waals surface area contributed by atoms with Crippen molar-refractivity contribution >= 4 is 23.4 Å². The summed E-state index contributed by atoms with van der Waals surface area (Å²) >= 11 is 5.36. The molecule has 0 saturated heterocycles. The molecule has 134 valence electrons. The predicted molar refractivity (Wildman–Crippen MR) is 101 cm³/mol. The maximum atomic E-state index is 11.8. The van der Waals surface area contributed by atoms with E-state index in [1.165, 1.54) is 7.11 Å². The Morgan fingerprint density at radius 2 is 1.75 bits per heavy atom. The topological polar surface area (TPSA) is 38.8 Å². The number of carbonyl (C=O) groups excluding carboxylic acids is 1. The van der Waals surface area contributed by atoms with Crippen LogP contribution in [0, 0.1) is 5.41 Å². The Morgan fingerprint density at radius 1 is 1.17 bits per heavy atom. The van der Waals surface area contributed by atoms with Gasteiger partial charge in [-0.25, -0.2) is 4.79 Å². The molecule has 24 heavy (non-hydrogen) atoms. The van der Waals surface area contributed by atoms with E-state index in [-0.39, 0.29) is 22.9 Å². The fourth-order valence-electron chi connectivity index (χ4n) is 2.93. The highest BCUT2D eigenvalue weighted by Crippen LogP contribution is 2.39. The zero-order valence-electron chi connectivity index (χ0n) is 16.0. The highest BCUT2D eigenvalue weighted by Gasteiger charge is 2.42. The van der Waals surface area contributed by atoms with Crippen molar-refractivity contribution in [2.75, 3.05) is 21.2 Å². The number of esters is 1. The Kier molecular flexibility index (Phi) is 6.39. The SMILES string of the molecule is COC(=O)c1cccc(C(C)(C)C(OC(=S)N(C)C)C(C)(C)C)c1. The molecule has 0 saturated carbocycles. The van der Waals surface area contributed by atoms with Crippen LogP contribution in [-0.4, -0.2) is 43.4 Å². The van der Waals surface area contributed by atoms with E-state index < -0.39 is 0 Å². The van der Waals surface area contributed by atoms with E-state index >= 15 is 0 Å². The third-order valence-electron chi connectivity index (χ3n) is 4.05. The number of ether oxygens (including phenoxy) is 2. The lowest BCUT2D eigenvalue weighted by atomic mass is 9.69.